The standard InChI is InChI=1S/C70H114O34/c1-26-38(74)44(80)48(84)57(94-26)92-24-33-41(77)45(81)49(85)60(99-33)103-55-43(79)31(21-71)96-62(52(55)88)101-53-32(22-72)97-59(50(86)46(53)82)98-34-25-93-58(47(83)42(34)78)102-54-39(75)27(2)95-61(51(54)87)104-56-40(76)30(73)23-91-63(56)100-37-13-14-67(7)35(66(37,5)6)12-15-69(9)36(67)11-10-28-29-20-65(3,4)16-18-70(29,64(89)90)19-17-68(28,69)8/h10,26-27,29-63,71-88H,11-25H2,1-9H3,(H,89,90)/t26-,27-,29-,30-,31+,32+,33+,34+,35?,36+,37?,38-,39-,40-,41+,42+,43+,44+,45-,46+,47+,48+,49+,50+,51+,52+,53+,54+,55-,56+,57+,58-,59-,60-,61-,62-,63-,67-,68+,69+,70-/m0/s1. The molecular formula is C70H114O34. The van der Waals surface area contributed by atoms with Crippen molar-refractivity contribution in [3.8, 4) is 0 Å². The van der Waals surface area contributed by atoms with Gasteiger partial charge >= 0.3 is 5.97 Å². The van der Waals surface area contributed by atoms with E-state index in [2.05, 4.69) is 54.5 Å². The predicted molar refractivity (Wildman–Crippen MR) is 346 cm³/mol. The summed E-state index contributed by atoms with van der Waals surface area (Å²) < 4.78 is 82.7. The highest BCUT2D eigenvalue weighted by atomic mass is 16.8. The number of carboxylic acids is 1. The van der Waals surface area contributed by atoms with Crippen molar-refractivity contribution in [1.82, 2.24) is 0 Å². The van der Waals surface area contributed by atoms with Crippen LogP contribution in [-0.4, -0.2) is 345 Å². The molecule has 104 heavy (non-hydrogen) atoms. The minimum Gasteiger partial charge on any atom is -0.481 e. The third-order valence-electron chi connectivity index (χ3n) is 27.0. The molecule has 7 aliphatic heterocycles. The summed E-state index contributed by atoms with van der Waals surface area (Å²) in [6.07, 6.45) is -48.2. The first-order valence-corrected chi connectivity index (χ1v) is 36.9. The molecule has 2 unspecified atom stereocenters. The Morgan fingerprint density at radius 2 is 1.00 bits per heavy atom. The summed E-state index contributed by atoms with van der Waals surface area (Å²) in [6, 6.07) is 0. The molecule has 0 aromatic heterocycles. The van der Waals surface area contributed by atoms with E-state index < -0.39 is 252 Å². The molecule has 598 valence electrons. The van der Waals surface area contributed by atoms with Gasteiger partial charge in [-0.25, -0.2) is 0 Å². The molecule has 12 aliphatic rings. The molecule has 41 atom stereocenters. The van der Waals surface area contributed by atoms with E-state index >= 15 is 0 Å². The Kier molecular flexibility index (Phi) is 24.1. The van der Waals surface area contributed by atoms with E-state index in [0.29, 0.717) is 25.2 Å². The Bertz CT molecular complexity index is 2950. The average Bonchev–Trinajstić information content (AvgIpc) is 0.675. The van der Waals surface area contributed by atoms with Crippen LogP contribution in [0, 0.1) is 50.2 Å². The summed E-state index contributed by atoms with van der Waals surface area (Å²) in [5, 5.41) is 210. The fourth-order valence-electron chi connectivity index (χ4n) is 20.3. The molecular weight excluding hydrogens is 1380 g/mol. The van der Waals surface area contributed by atoms with Gasteiger partial charge < -0.3 is 163 Å². The van der Waals surface area contributed by atoms with Gasteiger partial charge in [0.15, 0.2) is 44.0 Å². The number of aliphatic hydroxyl groups excluding tert-OH is 18. The monoisotopic (exact) mass is 1500 g/mol. The predicted octanol–water partition coefficient (Wildman–Crippen LogP) is -4.66. The zero-order valence-electron chi connectivity index (χ0n) is 60.2. The van der Waals surface area contributed by atoms with Crippen LogP contribution in [0.5, 0.6) is 0 Å². The Balaban J connectivity index is 0.655. The van der Waals surface area contributed by atoms with Gasteiger partial charge in [-0.1, -0.05) is 60.1 Å². The van der Waals surface area contributed by atoms with E-state index in [1.54, 1.807) is 0 Å². The number of carbonyl (C=O) groups is 1. The van der Waals surface area contributed by atoms with Crippen LogP contribution in [0.1, 0.15) is 127 Å². The number of aliphatic hydroxyl groups is 18. The molecule has 34 nitrogen and oxygen atoms in total. The number of carboxylic acid groups (broad SMARTS) is 1. The van der Waals surface area contributed by atoms with Gasteiger partial charge in [-0.05, 0) is 123 Å². The van der Waals surface area contributed by atoms with Crippen molar-refractivity contribution < 1.29 is 168 Å². The van der Waals surface area contributed by atoms with E-state index in [9.17, 15) is 102 Å². The van der Waals surface area contributed by atoms with Crippen molar-refractivity contribution in [2.75, 3.05) is 33.0 Å². The van der Waals surface area contributed by atoms with Crippen molar-refractivity contribution in [2.24, 2.45) is 50.2 Å². The zero-order valence-corrected chi connectivity index (χ0v) is 60.2. The lowest BCUT2D eigenvalue weighted by molar-refractivity contribution is -0.391. The molecule has 0 aromatic carbocycles. The molecule has 4 saturated carbocycles. The highest BCUT2D eigenvalue weighted by Gasteiger charge is 2.70. The normalized spacial score (nSPS) is 54.7. The largest absolute Gasteiger partial charge is 0.481 e. The first kappa shape index (κ1) is 81.4. The maximum Gasteiger partial charge on any atom is 0.310 e. The molecule has 0 radical (unpaired) electrons. The quantitative estimate of drug-likeness (QED) is 0.0453. The van der Waals surface area contributed by atoms with Gasteiger partial charge in [0.25, 0.3) is 0 Å². The van der Waals surface area contributed by atoms with Gasteiger partial charge in [0, 0.05) is 0 Å². The molecule has 5 aliphatic carbocycles. The molecule has 11 fully saturated rings. The smallest absolute Gasteiger partial charge is 0.310 e. The van der Waals surface area contributed by atoms with Gasteiger partial charge in [-0.2, -0.15) is 0 Å². The number of hydrogen-bond acceptors (Lipinski definition) is 33. The molecule has 19 N–H and O–H groups in total. The first-order valence-electron chi connectivity index (χ1n) is 36.9. The Hall–Kier alpha value is -2.07. The van der Waals surface area contributed by atoms with Crippen LogP contribution in [0.25, 0.3) is 0 Å². The van der Waals surface area contributed by atoms with Gasteiger partial charge in [0.1, 0.15) is 146 Å². The average molecular weight is 1500 g/mol. The van der Waals surface area contributed by atoms with Crippen LogP contribution >= 0.6 is 0 Å². The molecule has 12 rings (SSSR count). The van der Waals surface area contributed by atoms with Crippen molar-refractivity contribution in [3.05, 3.63) is 11.6 Å². The first-order chi connectivity index (χ1) is 48.8. The minimum absolute atomic E-state index is 0.0210. The van der Waals surface area contributed by atoms with E-state index in [4.69, 9.17) is 66.3 Å². The highest BCUT2D eigenvalue weighted by molar-refractivity contribution is 5.76. The van der Waals surface area contributed by atoms with Gasteiger partial charge in [0.05, 0.1) is 56.8 Å². The summed E-state index contributed by atoms with van der Waals surface area (Å²) in [4.78, 5) is 13.3. The van der Waals surface area contributed by atoms with Gasteiger partial charge in [0.2, 0.25) is 0 Å². The molecule has 0 amide bonds. The lowest BCUT2D eigenvalue weighted by Gasteiger charge is -2.71. The summed E-state index contributed by atoms with van der Waals surface area (Å²) in [7, 11) is 0. The Morgan fingerprint density at radius 1 is 0.462 bits per heavy atom. The van der Waals surface area contributed by atoms with E-state index in [1.807, 2.05) is 0 Å². The third-order valence-corrected chi connectivity index (χ3v) is 27.0. The Morgan fingerprint density at radius 3 is 1.68 bits per heavy atom. The van der Waals surface area contributed by atoms with Crippen molar-refractivity contribution in [1.29, 1.82) is 0 Å². The van der Waals surface area contributed by atoms with Crippen molar-refractivity contribution >= 4 is 5.97 Å². The van der Waals surface area contributed by atoms with Crippen LogP contribution < -0.4 is 0 Å². The molecule has 0 bridgehead atoms. The van der Waals surface area contributed by atoms with Gasteiger partial charge in [-0.3, -0.25) is 4.79 Å². The lowest BCUT2D eigenvalue weighted by Crippen LogP contribution is -2.67. The van der Waals surface area contributed by atoms with Crippen molar-refractivity contribution in [2.45, 2.75) is 335 Å². The number of ether oxygens (including phenoxy) is 14. The highest BCUT2D eigenvalue weighted by Crippen LogP contribution is 2.76. The molecule has 0 spiro atoms. The second-order valence-corrected chi connectivity index (χ2v) is 33.8. The van der Waals surface area contributed by atoms with Crippen LogP contribution in [0.4, 0.5) is 0 Å². The van der Waals surface area contributed by atoms with Crippen LogP contribution in [0.15, 0.2) is 11.6 Å². The number of allylic oxidation sites excluding steroid dienone is 2. The second kappa shape index (κ2) is 30.8. The van der Waals surface area contributed by atoms with Gasteiger partial charge in [-0.15, -0.1) is 0 Å². The van der Waals surface area contributed by atoms with E-state index in [-0.39, 0.29) is 40.1 Å². The topological polar surface area (TPSA) is 531 Å². The number of hydrogen-bond donors (Lipinski definition) is 19. The summed E-state index contributed by atoms with van der Waals surface area (Å²) >= 11 is 0. The molecule has 7 saturated heterocycles. The number of rotatable bonds is 18. The molecule has 34 heteroatoms. The maximum absolute atomic E-state index is 13.3. The molecule has 0 aromatic rings. The minimum atomic E-state index is -2.16. The van der Waals surface area contributed by atoms with Crippen LogP contribution in [0.2, 0.25) is 0 Å². The third kappa shape index (κ3) is 14.3. The second-order valence-electron chi connectivity index (χ2n) is 33.8. The van der Waals surface area contributed by atoms with Crippen molar-refractivity contribution in [3.63, 3.8) is 0 Å². The van der Waals surface area contributed by atoms with Crippen LogP contribution in [0.3, 0.4) is 0 Å². The summed E-state index contributed by atoms with van der Waals surface area (Å²) in [5.41, 5.74) is -0.280. The SMILES string of the molecule is C[C@@H]1O[C@@H](OC[C@H]2O[C@@H](O[C@@H]3[C@@H](O)[C@H](O[C@H]4[C@H](O)[C@@H](O)[C@H](O[C@@H]5CO[C@@H](O[C@@H]6[C@@H](O)[C@H](C)O[C@@H](O[C@H]7[C@H](OC8CC[C@@]9(C)C(CC[C@]%10(C)[C@@H]9CC=C9[C@@H]%11CC(C)(C)CC[C@]%11(C(=O)O)CC[C@]9%10C)C8(C)C)OC[C@H](O)[C@@H]7O)[C@@H]6O)[C@H](O)[C@@H]5O)O[C@@H]4CO)O[C@H](CO)[C@H]3O)[C@H](O)[C@@H](O)[C@@H]2O)[C@H](O)[C@H](O)[C@H]1O. The summed E-state index contributed by atoms with van der Waals surface area (Å²) in [5.74, 6) is -0.238. The number of fused-ring (bicyclic) bond motifs is 7. The fourth-order valence-corrected chi connectivity index (χ4v) is 20.3. The maximum atomic E-state index is 13.3. The number of aliphatic carboxylic acids is 1. The molecule has 7 heterocycles. The fraction of sp³-hybridized carbons (Fsp3) is 0.957. The van der Waals surface area contributed by atoms with Crippen LogP contribution in [-0.2, 0) is 71.1 Å². The van der Waals surface area contributed by atoms with E-state index in [1.165, 1.54) is 19.4 Å². The zero-order chi connectivity index (χ0) is 75.7. The van der Waals surface area contributed by atoms with E-state index in [0.717, 1.165) is 44.9 Å². The lowest BCUT2D eigenvalue weighted by atomic mass is 9.33. The Labute approximate surface area is 602 Å². The summed E-state index contributed by atoms with van der Waals surface area (Å²) in [6.45, 7) is 15.4.